The van der Waals surface area contributed by atoms with Gasteiger partial charge >= 0.3 is 0 Å². The van der Waals surface area contributed by atoms with E-state index < -0.39 is 5.41 Å². The number of ether oxygens (including phenoxy) is 1. The van der Waals surface area contributed by atoms with E-state index in [1.165, 1.54) is 0 Å². The number of aromatic nitrogens is 3. The standard InChI is InChI=1S/C15H18N4O4/c1-9-7-11(18-22-9)13(20)19-5-3-12-15(8-19,4-6-21-12)14-16-10(2)17-23-14/h7,12H,3-6,8H2,1-2H3/t12-,15-/m0/s1. The minimum absolute atomic E-state index is 0.00504. The third kappa shape index (κ3) is 2.24. The lowest BCUT2D eigenvalue weighted by atomic mass is 9.76. The molecule has 0 spiro atoms. The number of piperidine rings is 1. The lowest BCUT2D eigenvalue weighted by molar-refractivity contribution is 0.00788. The summed E-state index contributed by atoms with van der Waals surface area (Å²) in [6, 6.07) is 1.66. The number of hydrogen-bond acceptors (Lipinski definition) is 7. The second-order valence-corrected chi connectivity index (χ2v) is 6.25. The number of carbonyl (C=O) groups is 1. The van der Waals surface area contributed by atoms with Gasteiger partial charge in [-0.2, -0.15) is 4.98 Å². The second-order valence-electron chi connectivity index (χ2n) is 6.25. The van der Waals surface area contributed by atoms with E-state index in [0.717, 1.165) is 12.8 Å². The average molecular weight is 318 g/mol. The molecule has 4 heterocycles. The monoisotopic (exact) mass is 318 g/mol. The summed E-state index contributed by atoms with van der Waals surface area (Å²) in [7, 11) is 0. The Morgan fingerprint density at radius 2 is 2.22 bits per heavy atom. The van der Waals surface area contributed by atoms with Gasteiger partial charge in [0.1, 0.15) is 5.76 Å². The molecule has 2 saturated heterocycles. The number of carbonyl (C=O) groups excluding carboxylic acids is 1. The van der Waals surface area contributed by atoms with Gasteiger partial charge in [-0.15, -0.1) is 0 Å². The molecule has 1 amide bonds. The van der Waals surface area contributed by atoms with Crippen molar-refractivity contribution in [1.82, 2.24) is 20.2 Å². The van der Waals surface area contributed by atoms with Crippen LogP contribution in [0, 0.1) is 13.8 Å². The van der Waals surface area contributed by atoms with Gasteiger partial charge < -0.3 is 18.7 Å². The van der Waals surface area contributed by atoms with E-state index in [4.69, 9.17) is 13.8 Å². The highest BCUT2D eigenvalue weighted by atomic mass is 16.5. The van der Waals surface area contributed by atoms with Crippen molar-refractivity contribution >= 4 is 5.91 Å². The van der Waals surface area contributed by atoms with Crippen LogP contribution in [0.1, 0.15) is 40.8 Å². The normalized spacial score (nSPS) is 27.2. The average Bonchev–Trinajstić information content (AvgIpc) is 3.25. The number of nitrogens with zero attached hydrogens (tertiary/aromatic N) is 4. The molecule has 0 aliphatic carbocycles. The predicted octanol–water partition coefficient (Wildman–Crippen LogP) is 1.25. The number of rotatable bonds is 2. The molecule has 0 N–H and O–H groups in total. The molecule has 23 heavy (non-hydrogen) atoms. The third-order valence-corrected chi connectivity index (χ3v) is 4.71. The van der Waals surface area contributed by atoms with Crippen LogP contribution in [0.5, 0.6) is 0 Å². The lowest BCUT2D eigenvalue weighted by Crippen LogP contribution is -2.54. The summed E-state index contributed by atoms with van der Waals surface area (Å²) in [6.07, 6.45) is 1.51. The van der Waals surface area contributed by atoms with E-state index in [1.807, 2.05) is 0 Å². The van der Waals surface area contributed by atoms with Crippen molar-refractivity contribution in [3.05, 3.63) is 29.2 Å². The number of fused-ring (bicyclic) bond motifs is 1. The number of hydrogen-bond donors (Lipinski definition) is 0. The summed E-state index contributed by atoms with van der Waals surface area (Å²) in [4.78, 5) is 18.9. The van der Waals surface area contributed by atoms with Gasteiger partial charge in [-0.1, -0.05) is 10.3 Å². The molecule has 2 aromatic heterocycles. The topological polar surface area (TPSA) is 94.5 Å². The first-order valence-electron chi connectivity index (χ1n) is 7.73. The molecule has 2 atom stereocenters. The molecule has 0 unspecified atom stereocenters. The first-order chi connectivity index (χ1) is 11.1. The Kier molecular flexibility index (Phi) is 3.22. The van der Waals surface area contributed by atoms with Crippen LogP contribution in [0.15, 0.2) is 15.1 Å². The summed E-state index contributed by atoms with van der Waals surface area (Å²) in [6.45, 7) is 5.30. The van der Waals surface area contributed by atoms with Crippen molar-refractivity contribution in [2.24, 2.45) is 0 Å². The first kappa shape index (κ1) is 14.4. The molecule has 4 rings (SSSR count). The van der Waals surface area contributed by atoms with E-state index in [1.54, 1.807) is 24.8 Å². The van der Waals surface area contributed by atoms with Crippen LogP contribution < -0.4 is 0 Å². The SMILES string of the molecule is Cc1noc([C@]23CCO[C@H]2CCN(C(=O)c2cc(C)on2)C3)n1. The lowest BCUT2D eigenvalue weighted by Gasteiger charge is -2.40. The molecule has 2 aliphatic heterocycles. The summed E-state index contributed by atoms with van der Waals surface area (Å²) in [5, 5.41) is 7.73. The van der Waals surface area contributed by atoms with Gasteiger partial charge in [0.05, 0.1) is 11.5 Å². The van der Waals surface area contributed by atoms with Crippen LogP contribution in [0.3, 0.4) is 0 Å². The minimum Gasteiger partial charge on any atom is -0.377 e. The fourth-order valence-corrected chi connectivity index (χ4v) is 3.55. The Balaban J connectivity index is 1.64. The highest BCUT2D eigenvalue weighted by Gasteiger charge is 2.53. The molecule has 0 bridgehead atoms. The van der Waals surface area contributed by atoms with Crippen LogP contribution in [-0.4, -0.2) is 51.9 Å². The van der Waals surface area contributed by atoms with Gasteiger partial charge in [-0.3, -0.25) is 4.79 Å². The van der Waals surface area contributed by atoms with Crippen LogP contribution in [-0.2, 0) is 10.2 Å². The molecular formula is C15H18N4O4. The van der Waals surface area contributed by atoms with Gasteiger partial charge in [0.15, 0.2) is 11.5 Å². The van der Waals surface area contributed by atoms with Gasteiger partial charge in [-0.05, 0) is 26.7 Å². The maximum atomic E-state index is 12.7. The molecule has 122 valence electrons. The minimum atomic E-state index is -0.423. The van der Waals surface area contributed by atoms with E-state index >= 15 is 0 Å². The summed E-state index contributed by atoms with van der Waals surface area (Å²) in [5.74, 6) is 1.64. The number of likely N-dealkylation sites (tertiary alicyclic amines) is 1. The molecule has 2 aromatic rings. The molecule has 2 fully saturated rings. The predicted molar refractivity (Wildman–Crippen MR) is 76.8 cm³/mol. The maximum absolute atomic E-state index is 12.7. The maximum Gasteiger partial charge on any atom is 0.276 e. The van der Waals surface area contributed by atoms with Crippen molar-refractivity contribution in [2.45, 2.75) is 38.2 Å². The van der Waals surface area contributed by atoms with Gasteiger partial charge in [0, 0.05) is 25.8 Å². The number of aryl methyl sites for hydroxylation is 2. The van der Waals surface area contributed by atoms with Gasteiger partial charge in [0.2, 0.25) is 5.89 Å². The van der Waals surface area contributed by atoms with Crippen molar-refractivity contribution in [2.75, 3.05) is 19.7 Å². The summed E-state index contributed by atoms with van der Waals surface area (Å²) in [5.41, 5.74) is -0.0924. The van der Waals surface area contributed by atoms with E-state index in [9.17, 15) is 4.79 Å². The summed E-state index contributed by atoms with van der Waals surface area (Å²) >= 11 is 0. The quantitative estimate of drug-likeness (QED) is 0.822. The Hall–Kier alpha value is -2.22. The molecule has 8 nitrogen and oxygen atoms in total. The first-order valence-corrected chi connectivity index (χ1v) is 7.73. The Labute approximate surface area is 132 Å². The van der Waals surface area contributed by atoms with Crippen LogP contribution in [0.4, 0.5) is 0 Å². The fourth-order valence-electron chi connectivity index (χ4n) is 3.55. The Morgan fingerprint density at radius 1 is 1.35 bits per heavy atom. The zero-order valence-corrected chi connectivity index (χ0v) is 13.1. The molecule has 0 aromatic carbocycles. The van der Waals surface area contributed by atoms with Gasteiger partial charge in [-0.25, -0.2) is 0 Å². The van der Waals surface area contributed by atoms with E-state index in [0.29, 0.717) is 42.9 Å². The second kappa shape index (κ2) is 5.16. The van der Waals surface area contributed by atoms with Crippen molar-refractivity contribution < 1.29 is 18.6 Å². The van der Waals surface area contributed by atoms with Crippen molar-refractivity contribution in [3.8, 4) is 0 Å². The zero-order valence-electron chi connectivity index (χ0n) is 13.1. The Morgan fingerprint density at radius 3 is 2.91 bits per heavy atom. The highest BCUT2D eigenvalue weighted by molar-refractivity contribution is 5.92. The molecule has 2 aliphatic rings. The fraction of sp³-hybridized carbons (Fsp3) is 0.600. The van der Waals surface area contributed by atoms with Crippen molar-refractivity contribution in [1.29, 1.82) is 0 Å². The van der Waals surface area contributed by atoms with E-state index in [-0.39, 0.29) is 12.0 Å². The molecule has 8 heteroatoms. The largest absolute Gasteiger partial charge is 0.377 e. The summed E-state index contributed by atoms with van der Waals surface area (Å²) < 4.78 is 16.3. The van der Waals surface area contributed by atoms with Crippen molar-refractivity contribution in [3.63, 3.8) is 0 Å². The Bertz CT molecular complexity index is 739. The molecule has 0 radical (unpaired) electrons. The smallest absolute Gasteiger partial charge is 0.276 e. The third-order valence-electron chi connectivity index (χ3n) is 4.71. The van der Waals surface area contributed by atoms with Crippen LogP contribution in [0.25, 0.3) is 0 Å². The molecule has 0 saturated carbocycles. The molecular weight excluding hydrogens is 300 g/mol. The highest BCUT2D eigenvalue weighted by Crippen LogP contribution is 2.43. The zero-order chi connectivity index (χ0) is 16.0. The number of amides is 1. The van der Waals surface area contributed by atoms with E-state index in [2.05, 4.69) is 15.3 Å². The van der Waals surface area contributed by atoms with Gasteiger partial charge in [0.25, 0.3) is 5.91 Å². The van der Waals surface area contributed by atoms with Crippen LogP contribution in [0.2, 0.25) is 0 Å². The van der Waals surface area contributed by atoms with Crippen LogP contribution >= 0.6 is 0 Å².